The molecule has 6 heteroatoms. The quantitative estimate of drug-likeness (QED) is 0.868. The van der Waals surface area contributed by atoms with Gasteiger partial charge in [-0.1, -0.05) is 6.07 Å². The summed E-state index contributed by atoms with van der Waals surface area (Å²) in [7, 11) is 0. The molecule has 0 aromatic heterocycles. The lowest BCUT2D eigenvalue weighted by Gasteiger charge is -2.43. The van der Waals surface area contributed by atoms with Crippen LogP contribution in [0.3, 0.4) is 0 Å². The van der Waals surface area contributed by atoms with Crippen LogP contribution in [0.2, 0.25) is 0 Å². The minimum Gasteiger partial charge on any atom is -0.350 e. The third-order valence-electron chi connectivity index (χ3n) is 4.27. The molecule has 1 spiro atoms. The highest BCUT2D eigenvalue weighted by molar-refractivity contribution is 5.90. The van der Waals surface area contributed by atoms with Gasteiger partial charge in [-0.3, -0.25) is 0 Å². The maximum atomic E-state index is 13.3. The maximum Gasteiger partial charge on any atom is 0.321 e. The van der Waals surface area contributed by atoms with Crippen LogP contribution in [0.15, 0.2) is 18.2 Å². The van der Waals surface area contributed by atoms with E-state index in [4.69, 9.17) is 9.47 Å². The summed E-state index contributed by atoms with van der Waals surface area (Å²) in [4.78, 5) is 14.0. The van der Waals surface area contributed by atoms with E-state index in [1.807, 2.05) is 6.92 Å². The largest absolute Gasteiger partial charge is 0.350 e. The van der Waals surface area contributed by atoms with Gasteiger partial charge >= 0.3 is 6.03 Å². The molecule has 2 aliphatic heterocycles. The number of nitrogens with zero attached hydrogens (tertiary/aromatic N) is 1. The van der Waals surface area contributed by atoms with E-state index in [1.54, 1.807) is 11.0 Å². The Morgan fingerprint density at radius 1 is 1.27 bits per heavy atom. The monoisotopic (exact) mass is 308 g/mol. The number of aryl methyl sites for hydroxylation is 1. The van der Waals surface area contributed by atoms with Gasteiger partial charge in [-0.05, 0) is 31.0 Å². The van der Waals surface area contributed by atoms with Gasteiger partial charge < -0.3 is 19.7 Å². The van der Waals surface area contributed by atoms with Gasteiger partial charge in [0.2, 0.25) is 0 Å². The van der Waals surface area contributed by atoms with Gasteiger partial charge in [0.05, 0.1) is 13.2 Å². The molecule has 2 fully saturated rings. The Morgan fingerprint density at radius 2 is 1.95 bits per heavy atom. The first-order valence-corrected chi connectivity index (χ1v) is 7.68. The van der Waals surface area contributed by atoms with E-state index < -0.39 is 5.79 Å². The van der Waals surface area contributed by atoms with E-state index in [0.717, 1.165) is 12.0 Å². The van der Waals surface area contributed by atoms with E-state index in [9.17, 15) is 9.18 Å². The lowest BCUT2D eigenvalue weighted by Crippen LogP contribution is -2.52. The summed E-state index contributed by atoms with van der Waals surface area (Å²) < 4.78 is 24.8. The number of likely N-dealkylation sites (tertiary alicyclic amines) is 1. The number of piperidine rings is 1. The molecule has 1 aromatic carbocycles. The van der Waals surface area contributed by atoms with Crippen molar-refractivity contribution in [2.75, 3.05) is 31.6 Å². The lowest BCUT2D eigenvalue weighted by molar-refractivity contribution is -0.281. The van der Waals surface area contributed by atoms with Crippen LogP contribution in [0, 0.1) is 12.7 Å². The Morgan fingerprint density at radius 3 is 2.64 bits per heavy atom. The number of halogens is 1. The molecule has 120 valence electrons. The number of amides is 2. The Balaban J connectivity index is 1.59. The van der Waals surface area contributed by atoms with Crippen LogP contribution >= 0.6 is 0 Å². The summed E-state index contributed by atoms with van der Waals surface area (Å²) in [6, 6.07) is 4.17. The number of carbonyl (C=O) groups excluding carboxylic acids is 1. The molecule has 2 amide bonds. The second kappa shape index (κ2) is 6.22. The van der Waals surface area contributed by atoms with Gasteiger partial charge in [-0.25, -0.2) is 9.18 Å². The Kier molecular flexibility index (Phi) is 4.31. The van der Waals surface area contributed by atoms with Crippen molar-refractivity contribution in [2.45, 2.75) is 32.0 Å². The van der Waals surface area contributed by atoms with E-state index in [0.29, 0.717) is 44.8 Å². The highest BCUT2D eigenvalue weighted by atomic mass is 19.1. The second-order valence-corrected chi connectivity index (χ2v) is 5.84. The zero-order chi connectivity index (χ0) is 15.6. The minimum absolute atomic E-state index is 0.209. The first kappa shape index (κ1) is 15.2. The van der Waals surface area contributed by atoms with Gasteiger partial charge in [0.1, 0.15) is 5.82 Å². The Hall–Kier alpha value is -1.66. The second-order valence-electron chi connectivity index (χ2n) is 5.84. The van der Waals surface area contributed by atoms with E-state index in [1.165, 1.54) is 12.1 Å². The summed E-state index contributed by atoms with van der Waals surface area (Å²) in [6.45, 7) is 4.41. The minimum atomic E-state index is -0.510. The fourth-order valence-corrected chi connectivity index (χ4v) is 2.88. The smallest absolute Gasteiger partial charge is 0.321 e. The van der Waals surface area contributed by atoms with Crippen molar-refractivity contribution in [1.82, 2.24) is 4.90 Å². The van der Waals surface area contributed by atoms with Crippen LogP contribution in [0.1, 0.15) is 24.8 Å². The van der Waals surface area contributed by atoms with Crippen LogP contribution in [-0.4, -0.2) is 43.0 Å². The summed E-state index contributed by atoms with van der Waals surface area (Å²) in [6.07, 6.45) is 2.26. The number of rotatable bonds is 1. The van der Waals surface area contributed by atoms with Gasteiger partial charge in [0.15, 0.2) is 5.79 Å². The molecule has 0 unspecified atom stereocenters. The van der Waals surface area contributed by atoms with Crippen LogP contribution < -0.4 is 5.32 Å². The van der Waals surface area contributed by atoms with Gasteiger partial charge in [-0.15, -0.1) is 0 Å². The third kappa shape index (κ3) is 3.23. The van der Waals surface area contributed by atoms with Crippen molar-refractivity contribution in [1.29, 1.82) is 0 Å². The van der Waals surface area contributed by atoms with E-state index >= 15 is 0 Å². The molecule has 0 radical (unpaired) electrons. The van der Waals surface area contributed by atoms with Crippen molar-refractivity contribution in [3.05, 3.63) is 29.6 Å². The molecule has 2 aliphatic rings. The number of hydrogen-bond acceptors (Lipinski definition) is 3. The van der Waals surface area contributed by atoms with Crippen molar-refractivity contribution in [2.24, 2.45) is 0 Å². The fraction of sp³-hybridized carbons (Fsp3) is 0.562. The normalized spacial score (nSPS) is 20.9. The number of nitrogens with one attached hydrogen (secondary N) is 1. The number of benzene rings is 1. The van der Waals surface area contributed by atoms with E-state index in [2.05, 4.69) is 5.32 Å². The maximum absolute atomic E-state index is 13.3. The van der Waals surface area contributed by atoms with Crippen molar-refractivity contribution in [3.8, 4) is 0 Å². The van der Waals surface area contributed by atoms with Crippen LogP contribution in [0.25, 0.3) is 0 Å². The molecule has 0 atom stereocenters. The molecule has 3 rings (SSSR count). The summed E-state index contributed by atoms with van der Waals surface area (Å²) in [5.41, 5.74) is 1.35. The zero-order valence-corrected chi connectivity index (χ0v) is 12.7. The summed E-state index contributed by atoms with van der Waals surface area (Å²) in [5.74, 6) is -0.869. The molecule has 0 aliphatic carbocycles. The Bertz CT molecular complexity index is 548. The molecular formula is C16H21FN2O3. The molecule has 1 N–H and O–H groups in total. The number of carbonyl (C=O) groups is 1. The number of urea groups is 1. The molecule has 5 nitrogen and oxygen atoms in total. The molecule has 1 aromatic rings. The van der Waals surface area contributed by atoms with Crippen molar-refractivity contribution < 1.29 is 18.7 Å². The van der Waals surface area contributed by atoms with Gasteiger partial charge in [0, 0.05) is 31.6 Å². The highest BCUT2D eigenvalue weighted by Gasteiger charge is 2.39. The van der Waals surface area contributed by atoms with E-state index in [-0.39, 0.29) is 11.8 Å². The van der Waals surface area contributed by atoms with Crippen molar-refractivity contribution >= 4 is 11.7 Å². The average Bonchev–Trinajstić information content (AvgIpc) is 2.52. The molecule has 22 heavy (non-hydrogen) atoms. The van der Waals surface area contributed by atoms with Gasteiger partial charge in [-0.2, -0.15) is 0 Å². The van der Waals surface area contributed by atoms with Crippen LogP contribution in [0.5, 0.6) is 0 Å². The molecular weight excluding hydrogens is 287 g/mol. The standard InChI is InChI=1S/C16H21FN2O3/c1-12-3-4-13(17)11-14(12)18-15(20)19-7-5-16(6-8-19)21-9-2-10-22-16/h3-4,11H,2,5-10H2,1H3,(H,18,20). The molecule has 0 bridgehead atoms. The van der Waals surface area contributed by atoms with Crippen molar-refractivity contribution in [3.63, 3.8) is 0 Å². The first-order valence-electron chi connectivity index (χ1n) is 7.68. The SMILES string of the molecule is Cc1ccc(F)cc1NC(=O)N1CCC2(CC1)OCCCO2. The van der Waals surface area contributed by atoms with Crippen LogP contribution in [-0.2, 0) is 9.47 Å². The third-order valence-corrected chi connectivity index (χ3v) is 4.27. The molecule has 0 saturated carbocycles. The number of anilines is 1. The highest BCUT2D eigenvalue weighted by Crippen LogP contribution is 2.31. The zero-order valence-electron chi connectivity index (χ0n) is 12.7. The van der Waals surface area contributed by atoms with Crippen LogP contribution in [0.4, 0.5) is 14.9 Å². The number of ether oxygens (including phenoxy) is 2. The fourth-order valence-electron chi connectivity index (χ4n) is 2.88. The topological polar surface area (TPSA) is 50.8 Å². The predicted octanol–water partition coefficient (Wildman–Crippen LogP) is 2.90. The summed E-state index contributed by atoms with van der Waals surface area (Å²) in [5, 5.41) is 2.78. The predicted molar refractivity (Wildman–Crippen MR) is 80.2 cm³/mol. The molecule has 2 saturated heterocycles. The first-order chi connectivity index (χ1) is 10.6. The number of hydrogen-bond donors (Lipinski definition) is 1. The summed E-state index contributed by atoms with van der Waals surface area (Å²) >= 11 is 0. The average molecular weight is 308 g/mol. The Labute approximate surface area is 129 Å². The molecule has 2 heterocycles. The lowest BCUT2D eigenvalue weighted by atomic mass is 10.0. The van der Waals surface area contributed by atoms with Gasteiger partial charge in [0.25, 0.3) is 0 Å².